The van der Waals surface area contributed by atoms with Crippen LogP contribution in [0.25, 0.3) is 0 Å². The number of amides is 1. The normalized spacial score (nSPS) is 13.4. The van der Waals surface area contributed by atoms with Gasteiger partial charge >= 0.3 is 7.82 Å². The molecule has 3 unspecified atom stereocenters. The predicted octanol–water partition coefficient (Wildman–Crippen LogP) is 27.2. The summed E-state index contributed by atoms with van der Waals surface area (Å²) >= 11 is 0. The summed E-state index contributed by atoms with van der Waals surface area (Å²) < 4.78 is 23.9. The van der Waals surface area contributed by atoms with Crippen LogP contribution in [0.5, 0.6) is 0 Å². The lowest BCUT2D eigenvalue weighted by molar-refractivity contribution is -0.870. The zero-order valence-electron chi connectivity index (χ0n) is 62.6. The first kappa shape index (κ1) is 90.2. The highest BCUT2D eigenvalue weighted by Crippen LogP contribution is 2.43. The highest BCUT2D eigenvalue weighted by Gasteiger charge is 2.28. The zero-order chi connectivity index (χ0) is 66.2. The number of aliphatic hydroxyl groups excluding tert-OH is 1. The van der Waals surface area contributed by atoms with Crippen molar-refractivity contribution in [2.24, 2.45) is 0 Å². The largest absolute Gasteiger partial charge is 0.472 e. The minimum absolute atomic E-state index is 0.0657. The summed E-state index contributed by atoms with van der Waals surface area (Å²) in [5, 5.41) is 14.1. The van der Waals surface area contributed by atoms with Crippen molar-refractivity contribution in [1.29, 1.82) is 0 Å². The summed E-state index contributed by atoms with van der Waals surface area (Å²) in [4.78, 5) is 23.5. The van der Waals surface area contributed by atoms with Crippen molar-refractivity contribution in [2.75, 3.05) is 40.9 Å². The molecule has 0 bridgehead atoms. The van der Waals surface area contributed by atoms with Gasteiger partial charge in [-0.15, -0.1) is 0 Å². The molecule has 0 aliphatic rings. The number of rotatable bonds is 79. The number of carbonyl (C=O) groups excluding carboxylic acids is 1. The average molecular weight is 1310 g/mol. The second kappa shape index (κ2) is 73.5. The molecular formula is C82H166N2O6P+. The Balaban J connectivity index is 3.88. The van der Waals surface area contributed by atoms with Crippen molar-refractivity contribution >= 4 is 13.7 Å². The van der Waals surface area contributed by atoms with Crippen molar-refractivity contribution in [2.45, 2.75) is 469 Å². The van der Waals surface area contributed by atoms with Crippen LogP contribution in [-0.2, 0) is 18.4 Å². The molecule has 0 aromatic carbocycles. The Morgan fingerprint density at radius 1 is 0.363 bits per heavy atom. The van der Waals surface area contributed by atoms with Crippen LogP contribution in [-0.4, -0.2) is 73.4 Å². The summed E-state index contributed by atoms with van der Waals surface area (Å²) in [6.07, 6.45) is 97.2. The fourth-order valence-electron chi connectivity index (χ4n) is 13.3. The summed E-state index contributed by atoms with van der Waals surface area (Å²) in [6, 6.07) is -0.845. The van der Waals surface area contributed by atoms with Crippen LogP contribution in [0.1, 0.15) is 457 Å². The minimum atomic E-state index is -4.35. The monoisotopic (exact) mass is 1310 g/mol. The maximum absolute atomic E-state index is 13.1. The second-order valence-corrected chi connectivity index (χ2v) is 31.7. The third kappa shape index (κ3) is 76.5. The fourth-order valence-corrected chi connectivity index (χ4v) is 14.1. The van der Waals surface area contributed by atoms with Crippen molar-refractivity contribution < 1.29 is 32.9 Å². The van der Waals surface area contributed by atoms with Crippen molar-refractivity contribution in [3.8, 4) is 0 Å². The number of allylic oxidation sites excluding steroid dienone is 1. The Morgan fingerprint density at radius 2 is 0.582 bits per heavy atom. The second-order valence-electron chi connectivity index (χ2n) is 30.2. The summed E-state index contributed by atoms with van der Waals surface area (Å²) in [5.74, 6) is -0.165. The standard InChI is InChI=1S/C82H165N2O6P/c1-6-8-10-12-14-16-18-20-22-24-26-28-30-32-34-36-37-38-39-40-41-42-43-44-45-46-48-50-52-54-56-58-60-62-64-66-68-70-72-74-76-82(86)83-80(79-90-91(87,88)89-78-77-84(3,4)5)81(85)75-73-71-69-67-65-63-61-59-57-55-53-51-49-47-35-33-31-29-27-25-23-21-19-17-15-13-11-9-7-2/h73,75,80-81,85H,6-72,74,76-79H2,1-5H3,(H-,83,86,87,88)/p+1/b75-73+. The summed E-state index contributed by atoms with van der Waals surface area (Å²) in [5.41, 5.74) is 0. The fraction of sp³-hybridized carbons (Fsp3) is 0.963. The first-order valence-electron chi connectivity index (χ1n) is 41.6. The summed E-state index contributed by atoms with van der Waals surface area (Å²) in [7, 11) is 1.60. The van der Waals surface area contributed by atoms with E-state index in [1.807, 2.05) is 27.2 Å². The van der Waals surface area contributed by atoms with Gasteiger partial charge in [-0.25, -0.2) is 4.57 Å². The third-order valence-corrected chi connectivity index (χ3v) is 20.7. The number of nitrogens with zero attached hydrogens (tertiary/aromatic N) is 1. The van der Waals surface area contributed by atoms with E-state index in [9.17, 15) is 19.4 Å². The van der Waals surface area contributed by atoms with Crippen LogP contribution in [0.2, 0.25) is 0 Å². The van der Waals surface area contributed by atoms with Crippen molar-refractivity contribution in [1.82, 2.24) is 5.32 Å². The molecule has 0 saturated heterocycles. The number of nitrogens with one attached hydrogen (secondary N) is 1. The first-order valence-corrected chi connectivity index (χ1v) is 43.1. The van der Waals surface area contributed by atoms with Gasteiger partial charge in [0.05, 0.1) is 39.9 Å². The number of quaternary nitrogens is 1. The van der Waals surface area contributed by atoms with E-state index >= 15 is 0 Å². The van der Waals surface area contributed by atoms with Crippen molar-refractivity contribution in [3.63, 3.8) is 0 Å². The van der Waals surface area contributed by atoms with Gasteiger partial charge in [0.1, 0.15) is 13.2 Å². The molecule has 0 fully saturated rings. The molecule has 0 aromatic rings. The van der Waals surface area contributed by atoms with E-state index in [1.165, 1.54) is 405 Å². The van der Waals surface area contributed by atoms with Crippen LogP contribution >= 0.6 is 7.82 Å². The molecule has 0 radical (unpaired) electrons. The molecule has 0 saturated carbocycles. The molecule has 0 heterocycles. The van der Waals surface area contributed by atoms with Gasteiger partial charge in [0.25, 0.3) is 0 Å². The molecule has 91 heavy (non-hydrogen) atoms. The first-order chi connectivity index (χ1) is 44.5. The minimum Gasteiger partial charge on any atom is -0.387 e. The van der Waals surface area contributed by atoms with E-state index in [4.69, 9.17) is 9.05 Å². The van der Waals surface area contributed by atoms with Crippen LogP contribution < -0.4 is 5.32 Å². The van der Waals surface area contributed by atoms with E-state index in [1.54, 1.807) is 6.08 Å². The van der Waals surface area contributed by atoms with E-state index in [-0.39, 0.29) is 19.1 Å². The average Bonchev–Trinajstić information content (AvgIpc) is 3.73. The van der Waals surface area contributed by atoms with E-state index in [0.717, 1.165) is 32.1 Å². The molecule has 8 nitrogen and oxygen atoms in total. The topological polar surface area (TPSA) is 105 Å². The Labute approximate surface area is 571 Å². The molecule has 0 spiro atoms. The highest BCUT2D eigenvalue weighted by atomic mass is 31.2. The third-order valence-electron chi connectivity index (χ3n) is 19.8. The quantitative estimate of drug-likeness (QED) is 0.0243. The van der Waals surface area contributed by atoms with Gasteiger partial charge in [0.15, 0.2) is 0 Å². The molecule has 9 heteroatoms. The molecule has 0 aliphatic heterocycles. The van der Waals surface area contributed by atoms with E-state index in [2.05, 4.69) is 19.2 Å². The molecule has 0 aliphatic carbocycles. The van der Waals surface area contributed by atoms with Gasteiger partial charge in [-0.3, -0.25) is 13.8 Å². The molecule has 0 aromatic heterocycles. The van der Waals surface area contributed by atoms with Gasteiger partial charge in [-0.2, -0.15) is 0 Å². The van der Waals surface area contributed by atoms with Gasteiger partial charge in [0.2, 0.25) is 5.91 Å². The molecule has 0 rings (SSSR count). The number of phosphoric acid groups is 1. The van der Waals surface area contributed by atoms with Gasteiger partial charge < -0.3 is 19.8 Å². The highest BCUT2D eigenvalue weighted by molar-refractivity contribution is 7.47. The molecular weight excluding hydrogens is 1140 g/mol. The number of unbranched alkanes of at least 4 members (excludes halogenated alkanes) is 66. The lowest BCUT2D eigenvalue weighted by atomic mass is 10.0. The molecule has 3 N–H and O–H groups in total. The number of aliphatic hydroxyl groups is 1. The number of phosphoric ester groups is 1. The van der Waals surface area contributed by atoms with Gasteiger partial charge in [-0.05, 0) is 19.3 Å². The maximum Gasteiger partial charge on any atom is 0.472 e. The molecule has 1 amide bonds. The Hall–Kier alpha value is -0.760. The Kier molecular flexibility index (Phi) is 72.9. The number of carbonyl (C=O) groups is 1. The van der Waals surface area contributed by atoms with E-state index in [0.29, 0.717) is 17.4 Å². The molecule has 3 atom stereocenters. The summed E-state index contributed by atoms with van der Waals surface area (Å²) in [6.45, 7) is 4.90. The SMILES string of the molecule is CCCCCCCCCCCCCCCCCCCCCCCCCCCCC/C=C/C(O)C(COP(=O)(O)OCC[N+](C)(C)C)NC(=O)CCCCCCCCCCCCCCCCCCCCCCCCCCCCCCCCCCCCCCCCCC. The van der Waals surface area contributed by atoms with Crippen LogP contribution in [0.4, 0.5) is 0 Å². The Morgan fingerprint density at radius 3 is 0.813 bits per heavy atom. The predicted molar refractivity (Wildman–Crippen MR) is 402 cm³/mol. The van der Waals surface area contributed by atoms with Gasteiger partial charge in [-0.1, -0.05) is 443 Å². The lowest BCUT2D eigenvalue weighted by Crippen LogP contribution is -2.45. The number of hydrogen-bond acceptors (Lipinski definition) is 5. The maximum atomic E-state index is 13.1. The number of likely N-dealkylation sites (N-methyl/N-ethyl adjacent to an activating group) is 1. The Bertz CT molecular complexity index is 1490. The van der Waals surface area contributed by atoms with Gasteiger partial charge in [0, 0.05) is 6.42 Å². The van der Waals surface area contributed by atoms with E-state index < -0.39 is 20.0 Å². The van der Waals surface area contributed by atoms with Crippen molar-refractivity contribution in [3.05, 3.63) is 12.2 Å². The van der Waals surface area contributed by atoms with Crippen LogP contribution in [0, 0.1) is 0 Å². The zero-order valence-corrected chi connectivity index (χ0v) is 63.5. The number of hydrogen-bond donors (Lipinski definition) is 3. The lowest BCUT2D eigenvalue weighted by Gasteiger charge is -2.25. The van der Waals surface area contributed by atoms with Crippen LogP contribution in [0.3, 0.4) is 0 Å². The molecule has 544 valence electrons. The smallest absolute Gasteiger partial charge is 0.387 e. The van der Waals surface area contributed by atoms with Crippen LogP contribution in [0.15, 0.2) is 12.2 Å².